The summed E-state index contributed by atoms with van der Waals surface area (Å²) in [5.41, 5.74) is 3.42. The third-order valence-electron chi connectivity index (χ3n) is 5.20. The van der Waals surface area contributed by atoms with E-state index in [0.717, 1.165) is 19.3 Å². The molecule has 0 saturated heterocycles. The molecule has 0 fully saturated rings. The Morgan fingerprint density at radius 2 is 1.86 bits per heavy atom. The van der Waals surface area contributed by atoms with Crippen molar-refractivity contribution in [3.05, 3.63) is 71.0 Å². The minimum atomic E-state index is -0.201. The van der Waals surface area contributed by atoms with E-state index in [2.05, 4.69) is 39.9 Å². The van der Waals surface area contributed by atoms with E-state index in [4.69, 9.17) is 0 Å². The van der Waals surface area contributed by atoms with Crippen LogP contribution in [0.15, 0.2) is 53.5 Å². The molecule has 0 aromatic heterocycles. The van der Waals surface area contributed by atoms with Crippen molar-refractivity contribution in [3.8, 4) is 0 Å². The van der Waals surface area contributed by atoms with Crippen LogP contribution >= 0.6 is 0 Å². The Kier molecular flexibility index (Phi) is 7.22. The van der Waals surface area contributed by atoms with Crippen LogP contribution in [0.5, 0.6) is 0 Å². The summed E-state index contributed by atoms with van der Waals surface area (Å²) in [4.78, 5) is 17.9. The van der Waals surface area contributed by atoms with Gasteiger partial charge in [-0.25, -0.2) is 9.38 Å². The number of rotatable bonds is 6. The summed E-state index contributed by atoms with van der Waals surface area (Å²) in [5, 5.41) is 6.73. The number of nitrogens with one attached hydrogen (secondary N) is 2. The third-order valence-corrected chi connectivity index (χ3v) is 5.20. The average molecular weight is 397 g/mol. The number of fused-ring (bicyclic) bond motifs is 1. The molecule has 6 heteroatoms. The number of aryl methyl sites for hydroxylation is 1. The summed E-state index contributed by atoms with van der Waals surface area (Å²) < 4.78 is 13.8. The van der Waals surface area contributed by atoms with Gasteiger partial charge in [-0.15, -0.1) is 0 Å². The van der Waals surface area contributed by atoms with E-state index >= 15 is 0 Å². The van der Waals surface area contributed by atoms with E-state index in [0.29, 0.717) is 24.5 Å². The molecule has 29 heavy (non-hydrogen) atoms. The maximum atomic E-state index is 13.8. The molecule has 2 aromatic carbocycles. The highest BCUT2D eigenvalue weighted by atomic mass is 19.1. The van der Waals surface area contributed by atoms with Gasteiger partial charge in [0.1, 0.15) is 12.4 Å². The first-order chi connectivity index (χ1) is 14.0. The van der Waals surface area contributed by atoms with Gasteiger partial charge in [-0.1, -0.05) is 42.5 Å². The van der Waals surface area contributed by atoms with Crippen molar-refractivity contribution in [2.45, 2.75) is 31.7 Å². The van der Waals surface area contributed by atoms with Crippen molar-refractivity contribution in [3.63, 3.8) is 0 Å². The first-order valence-corrected chi connectivity index (χ1v) is 10.1. The Hall–Kier alpha value is -2.89. The van der Waals surface area contributed by atoms with Gasteiger partial charge in [-0.05, 0) is 48.4 Å². The molecule has 0 spiro atoms. The molecule has 1 aliphatic rings. The number of hydrogen-bond donors (Lipinski definition) is 2. The highest BCUT2D eigenvalue weighted by Gasteiger charge is 2.19. The molecule has 3 rings (SSSR count). The monoisotopic (exact) mass is 396 g/mol. The smallest absolute Gasteiger partial charge is 0.243 e. The standard InChI is InChI=1S/C23H29FN4O/c1-28(2)22(29)16-26-23(25-14-13-18-8-5-6-10-21(18)24)27-20-12-11-17-7-3-4-9-19(17)15-20/h3-10,20H,11-16H2,1-2H3,(H2,25,26,27). The number of nitrogens with zero attached hydrogens (tertiary/aromatic N) is 2. The Labute approximate surface area is 172 Å². The third kappa shape index (κ3) is 6.04. The molecule has 1 atom stereocenters. The fraction of sp³-hybridized carbons (Fsp3) is 0.391. The van der Waals surface area contributed by atoms with Gasteiger partial charge in [-0.2, -0.15) is 0 Å². The van der Waals surface area contributed by atoms with Gasteiger partial charge in [-0.3, -0.25) is 4.79 Å². The molecule has 1 amide bonds. The number of carbonyl (C=O) groups excluding carboxylic acids is 1. The highest BCUT2D eigenvalue weighted by Crippen LogP contribution is 2.20. The van der Waals surface area contributed by atoms with Crippen LogP contribution < -0.4 is 10.6 Å². The quantitative estimate of drug-likeness (QED) is 0.583. The predicted molar refractivity (Wildman–Crippen MR) is 114 cm³/mol. The normalized spacial score (nSPS) is 16.1. The van der Waals surface area contributed by atoms with Crippen molar-refractivity contribution in [2.24, 2.45) is 4.99 Å². The molecule has 2 aromatic rings. The largest absolute Gasteiger partial charge is 0.356 e. The molecule has 2 N–H and O–H groups in total. The second kappa shape index (κ2) is 10.0. The van der Waals surface area contributed by atoms with Crippen molar-refractivity contribution in [1.29, 1.82) is 0 Å². The first-order valence-electron chi connectivity index (χ1n) is 10.1. The minimum Gasteiger partial charge on any atom is -0.356 e. The summed E-state index contributed by atoms with van der Waals surface area (Å²) in [5.74, 6) is 0.336. The molecular formula is C23H29FN4O. The zero-order valence-electron chi connectivity index (χ0n) is 17.1. The molecule has 0 radical (unpaired) electrons. The van der Waals surface area contributed by atoms with Gasteiger partial charge in [0.25, 0.3) is 0 Å². The highest BCUT2D eigenvalue weighted by molar-refractivity contribution is 5.85. The predicted octanol–water partition coefficient (Wildman–Crippen LogP) is 2.55. The van der Waals surface area contributed by atoms with E-state index in [9.17, 15) is 9.18 Å². The van der Waals surface area contributed by atoms with Gasteiger partial charge >= 0.3 is 0 Å². The summed E-state index contributed by atoms with van der Waals surface area (Å²) in [6.45, 7) is 0.609. The number of benzene rings is 2. The van der Waals surface area contributed by atoms with Gasteiger partial charge in [0, 0.05) is 26.7 Å². The second-order valence-corrected chi connectivity index (χ2v) is 7.57. The van der Waals surface area contributed by atoms with Crippen LogP contribution in [0.1, 0.15) is 23.1 Å². The molecule has 5 nitrogen and oxygen atoms in total. The van der Waals surface area contributed by atoms with E-state index in [1.54, 1.807) is 26.2 Å². The first kappa shape index (κ1) is 20.8. The van der Waals surface area contributed by atoms with E-state index in [1.165, 1.54) is 22.1 Å². The topological polar surface area (TPSA) is 56.7 Å². The molecule has 0 bridgehead atoms. The SMILES string of the molecule is CN(C)C(=O)CN=C(NCCc1ccccc1F)NC1CCc2ccccc2C1. The number of aliphatic imine (C=N–C) groups is 1. The summed E-state index contributed by atoms with van der Waals surface area (Å²) >= 11 is 0. The van der Waals surface area contributed by atoms with Crippen LogP contribution in [0.25, 0.3) is 0 Å². The molecule has 0 aliphatic heterocycles. The van der Waals surface area contributed by atoms with E-state index in [1.807, 2.05) is 6.07 Å². The lowest BCUT2D eigenvalue weighted by atomic mass is 9.88. The van der Waals surface area contributed by atoms with Crippen LogP contribution in [-0.2, 0) is 24.1 Å². The maximum absolute atomic E-state index is 13.8. The molecule has 0 saturated carbocycles. The van der Waals surface area contributed by atoms with Crippen LogP contribution in [0, 0.1) is 5.82 Å². The van der Waals surface area contributed by atoms with E-state index < -0.39 is 0 Å². The van der Waals surface area contributed by atoms with Crippen LogP contribution in [-0.4, -0.2) is 50.0 Å². The number of halogens is 1. The lowest BCUT2D eigenvalue weighted by Crippen LogP contribution is -2.46. The number of amides is 1. The van der Waals surface area contributed by atoms with Crippen LogP contribution in [0.2, 0.25) is 0 Å². The Morgan fingerprint density at radius 3 is 2.62 bits per heavy atom. The number of hydrogen-bond acceptors (Lipinski definition) is 2. The number of guanidine groups is 1. The molecular weight excluding hydrogens is 367 g/mol. The molecule has 1 aliphatic carbocycles. The zero-order valence-corrected chi connectivity index (χ0v) is 17.1. The van der Waals surface area contributed by atoms with E-state index in [-0.39, 0.29) is 24.3 Å². The van der Waals surface area contributed by atoms with Crippen molar-refractivity contribution in [1.82, 2.24) is 15.5 Å². The van der Waals surface area contributed by atoms with Gasteiger partial charge in [0.2, 0.25) is 5.91 Å². The average Bonchev–Trinajstić information content (AvgIpc) is 2.72. The van der Waals surface area contributed by atoms with Gasteiger partial charge < -0.3 is 15.5 Å². The summed E-state index contributed by atoms with van der Waals surface area (Å²) in [6, 6.07) is 15.5. The van der Waals surface area contributed by atoms with Crippen molar-refractivity contribution < 1.29 is 9.18 Å². The Bertz CT molecular complexity index is 865. The Balaban J connectivity index is 1.62. The fourth-order valence-electron chi connectivity index (χ4n) is 3.47. The van der Waals surface area contributed by atoms with Gasteiger partial charge in [0.05, 0.1) is 0 Å². The lowest BCUT2D eigenvalue weighted by molar-refractivity contribution is -0.127. The second-order valence-electron chi connectivity index (χ2n) is 7.57. The summed E-state index contributed by atoms with van der Waals surface area (Å²) in [7, 11) is 3.43. The molecule has 1 unspecified atom stereocenters. The lowest BCUT2D eigenvalue weighted by Gasteiger charge is -2.27. The number of likely N-dealkylation sites (N-methyl/N-ethyl adjacent to an activating group) is 1. The van der Waals surface area contributed by atoms with Crippen molar-refractivity contribution >= 4 is 11.9 Å². The Morgan fingerprint density at radius 1 is 1.14 bits per heavy atom. The summed E-state index contributed by atoms with van der Waals surface area (Å²) in [6.07, 6.45) is 3.49. The van der Waals surface area contributed by atoms with Crippen LogP contribution in [0.4, 0.5) is 4.39 Å². The minimum absolute atomic E-state index is 0.0609. The fourth-order valence-corrected chi connectivity index (χ4v) is 3.47. The molecule has 154 valence electrons. The number of carbonyl (C=O) groups is 1. The van der Waals surface area contributed by atoms with Crippen LogP contribution in [0.3, 0.4) is 0 Å². The maximum Gasteiger partial charge on any atom is 0.243 e. The van der Waals surface area contributed by atoms with Gasteiger partial charge in [0.15, 0.2) is 5.96 Å². The molecule has 0 heterocycles. The zero-order chi connectivity index (χ0) is 20.6. The van der Waals surface area contributed by atoms with Crippen molar-refractivity contribution in [2.75, 3.05) is 27.2 Å².